The summed E-state index contributed by atoms with van der Waals surface area (Å²) < 4.78 is 22.2. The number of para-hydroxylation sites is 4. The van der Waals surface area contributed by atoms with Crippen molar-refractivity contribution in [3.8, 4) is 22.6 Å². The van der Waals surface area contributed by atoms with Gasteiger partial charge in [0.15, 0.2) is 5.75 Å². The number of fused-ring (bicyclic) bond motifs is 9. The molecule has 0 N–H and O–H groups in total. The zero-order chi connectivity index (χ0) is 34.5. The van der Waals surface area contributed by atoms with Crippen LogP contribution in [-0.4, -0.2) is 11.3 Å². The Morgan fingerprint density at radius 3 is 1.79 bits per heavy atom. The molecular formula is C47H36N2O3. The molecule has 0 fully saturated rings. The van der Waals surface area contributed by atoms with Gasteiger partial charge in [0, 0.05) is 32.7 Å². The summed E-state index contributed by atoms with van der Waals surface area (Å²) in [7, 11) is 0. The van der Waals surface area contributed by atoms with Crippen molar-refractivity contribution in [2.24, 2.45) is 4.99 Å². The molecule has 7 aromatic carbocycles. The summed E-state index contributed by atoms with van der Waals surface area (Å²) in [5.74, 6) is 0.649. The monoisotopic (exact) mass is 676 g/mol. The number of rotatable bonds is 6. The predicted molar refractivity (Wildman–Crippen MR) is 219 cm³/mol. The third kappa shape index (κ3) is 4.89. The number of ether oxygens (including phenoxy) is 1. The van der Waals surface area contributed by atoms with Gasteiger partial charge >= 0.3 is 0 Å². The molecule has 0 spiro atoms. The second-order valence-corrected chi connectivity index (χ2v) is 12.3. The fourth-order valence-electron chi connectivity index (χ4n) is 7.47. The number of aromatic nitrogens is 1. The molecule has 0 aliphatic carbocycles. The molecule has 0 saturated carbocycles. The van der Waals surface area contributed by atoms with Gasteiger partial charge in [0.1, 0.15) is 34.6 Å². The largest absolute Gasteiger partial charge is 0.486 e. The molecule has 0 saturated heterocycles. The summed E-state index contributed by atoms with van der Waals surface area (Å²) in [6, 6.07) is 50.0. The van der Waals surface area contributed by atoms with E-state index in [-0.39, 0.29) is 14.0 Å². The highest BCUT2D eigenvalue weighted by atomic mass is 16.5. The molecule has 0 amide bonds. The summed E-state index contributed by atoms with van der Waals surface area (Å²) in [4.78, 5) is 4.56. The van der Waals surface area contributed by atoms with Crippen molar-refractivity contribution in [3.63, 3.8) is 0 Å². The van der Waals surface area contributed by atoms with Gasteiger partial charge in [0.05, 0.1) is 27.5 Å². The molecule has 0 aliphatic heterocycles. The van der Waals surface area contributed by atoms with Gasteiger partial charge in [0.25, 0.3) is 0 Å². The smallest absolute Gasteiger partial charge is 0.154 e. The Morgan fingerprint density at radius 1 is 0.577 bits per heavy atom. The van der Waals surface area contributed by atoms with Gasteiger partial charge in [-0.15, -0.1) is 13.2 Å². The van der Waals surface area contributed by atoms with Crippen LogP contribution < -0.4 is 4.74 Å². The standard InChI is InChI=1S/C44H28N2O3.C2H4.CH4/c1-45-42-41-32-18-8-11-21-37(32)48-39(41)25-33(27-13-3-2-4-14-27)44(42)47-26-28-23-24-36(40-31-17-7-12-22-38(31)49-43(28)40)46-34-19-9-5-15-29(34)30-16-6-10-20-35(30)46;1-2;/h2-25H,1,26H2;1-2H2;1H4. The van der Waals surface area contributed by atoms with Gasteiger partial charge in [-0.25, -0.2) is 0 Å². The van der Waals surface area contributed by atoms with Crippen molar-refractivity contribution in [1.29, 1.82) is 0 Å². The fourth-order valence-corrected chi connectivity index (χ4v) is 7.47. The Balaban J connectivity index is 0.00000127. The highest BCUT2D eigenvalue weighted by Gasteiger charge is 2.23. The van der Waals surface area contributed by atoms with E-state index in [1.54, 1.807) is 0 Å². The van der Waals surface area contributed by atoms with Gasteiger partial charge in [-0.3, -0.25) is 4.99 Å². The Hall–Kier alpha value is -6.85. The third-order valence-corrected chi connectivity index (χ3v) is 9.62. The average Bonchev–Trinajstić information content (AvgIpc) is 3.88. The van der Waals surface area contributed by atoms with Crippen LogP contribution in [0.2, 0.25) is 0 Å². The van der Waals surface area contributed by atoms with Gasteiger partial charge in [-0.1, -0.05) is 111 Å². The summed E-state index contributed by atoms with van der Waals surface area (Å²) in [6.45, 7) is 10.3. The second-order valence-electron chi connectivity index (χ2n) is 12.3. The SMILES string of the molecule is C.C=C.C=Nc1c(OCc2ccc(-n3c4ccccc4c4ccccc43)c3c2oc2ccccc23)c(-c2ccccc2)cc2oc3ccccc3c12. The van der Waals surface area contributed by atoms with E-state index in [9.17, 15) is 0 Å². The predicted octanol–water partition coefficient (Wildman–Crippen LogP) is 13.6. The van der Waals surface area contributed by atoms with E-state index in [1.165, 1.54) is 10.8 Å². The van der Waals surface area contributed by atoms with Crippen LogP contribution in [0.1, 0.15) is 13.0 Å². The fraction of sp³-hybridized carbons (Fsp3) is 0.0426. The first kappa shape index (κ1) is 32.4. The third-order valence-electron chi connectivity index (χ3n) is 9.62. The molecule has 0 radical (unpaired) electrons. The molecule has 0 bridgehead atoms. The van der Waals surface area contributed by atoms with E-state index in [4.69, 9.17) is 13.6 Å². The number of aliphatic imine (C=N–C) groups is 1. The minimum absolute atomic E-state index is 0. The van der Waals surface area contributed by atoms with Crippen LogP contribution in [0.25, 0.3) is 82.5 Å². The number of furan rings is 2. The lowest BCUT2D eigenvalue weighted by atomic mass is 10.00. The average molecular weight is 677 g/mol. The molecule has 52 heavy (non-hydrogen) atoms. The van der Waals surface area contributed by atoms with Crippen LogP contribution in [0.3, 0.4) is 0 Å². The first-order valence-electron chi connectivity index (χ1n) is 16.8. The van der Waals surface area contributed by atoms with Crippen LogP contribution in [0, 0.1) is 0 Å². The van der Waals surface area contributed by atoms with Gasteiger partial charge in [-0.05, 0) is 54.7 Å². The van der Waals surface area contributed by atoms with Crippen molar-refractivity contribution in [1.82, 2.24) is 4.57 Å². The van der Waals surface area contributed by atoms with Crippen molar-refractivity contribution < 1.29 is 13.6 Å². The van der Waals surface area contributed by atoms with Crippen molar-refractivity contribution >= 4 is 78.1 Å². The van der Waals surface area contributed by atoms with E-state index in [0.717, 1.165) is 77.3 Å². The Labute approximate surface area is 301 Å². The molecule has 3 heterocycles. The lowest BCUT2D eigenvalue weighted by molar-refractivity contribution is 0.309. The molecule has 0 unspecified atom stereocenters. The summed E-state index contributed by atoms with van der Waals surface area (Å²) >= 11 is 0. The maximum Gasteiger partial charge on any atom is 0.154 e. The molecule has 5 heteroatoms. The molecule has 3 aromatic heterocycles. The molecule has 252 valence electrons. The maximum atomic E-state index is 6.86. The zero-order valence-corrected chi connectivity index (χ0v) is 27.8. The van der Waals surface area contributed by atoms with Crippen molar-refractivity contribution in [2.75, 3.05) is 0 Å². The van der Waals surface area contributed by atoms with Gasteiger partial charge in [0.2, 0.25) is 0 Å². The zero-order valence-electron chi connectivity index (χ0n) is 27.8. The van der Waals surface area contributed by atoms with E-state index in [0.29, 0.717) is 11.4 Å². The lowest BCUT2D eigenvalue weighted by Crippen LogP contribution is -2.01. The highest BCUT2D eigenvalue weighted by Crippen LogP contribution is 2.48. The Morgan fingerprint density at radius 2 is 1.13 bits per heavy atom. The number of nitrogens with zero attached hydrogens (tertiary/aromatic N) is 2. The summed E-state index contributed by atoms with van der Waals surface area (Å²) in [5, 5.41) is 6.39. The Kier molecular flexibility index (Phi) is 8.17. The number of hydrogen-bond donors (Lipinski definition) is 0. The van der Waals surface area contributed by atoms with Crippen LogP contribution in [-0.2, 0) is 6.61 Å². The quantitative estimate of drug-likeness (QED) is 0.130. The van der Waals surface area contributed by atoms with Crippen LogP contribution in [0.5, 0.6) is 5.75 Å². The van der Waals surface area contributed by atoms with E-state index in [1.807, 2.05) is 54.6 Å². The number of hydrogen-bond acceptors (Lipinski definition) is 4. The van der Waals surface area contributed by atoms with Crippen molar-refractivity contribution in [2.45, 2.75) is 14.0 Å². The lowest BCUT2D eigenvalue weighted by Gasteiger charge is -2.16. The van der Waals surface area contributed by atoms with E-state index >= 15 is 0 Å². The first-order valence-corrected chi connectivity index (χ1v) is 16.8. The maximum absolute atomic E-state index is 6.86. The van der Waals surface area contributed by atoms with Crippen LogP contribution in [0.15, 0.2) is 173 Å². The molecule has 0 aliphatic rings. The second kappa shape index (κ2) is 13.1. The highest BCUT2D eigenvalue weighted by molar-refractivity contribution is 6.16. The molecule has 5 nitrogen and oxygen atoms in total. The minimum atomic E-state index is 0. The van der Waals surface area contributed by atoms with Crippen LogP contribution in [0.4, 0.5) is 5.69 Å². The number of benzene rings is 7. The molecule has 10 rings (SSSR count). The topological polar surface area (TPSA) is 52.8 Å². The first-order chi connectivity index (χ1) is 25.3. The normalized spacial score (nSPS) is 11.2. The molecule has 0 atom stereocenters. The summed E-state index contributed by atoms with van der Waals surface area (Å²) in [6.07, 6.45) is 0. The van der Waals surface area contributed by atoms with E-state index < -0.39 is 0 Å². The van der Waals surface area contributed by atoms with Crippen LogP contribution >= 0.6 is 0 Å². The van der Waals surface area contributed by atoms with E-state index in [2.05, 4.69) is 120 Å². The molecular weight excluding hydrogens is 641 g/mol. The minimum Gasteiger partial charge on any atom is -0.486 e. The van der Waals surface area contributed by atoms with Gasteiger partial charge in [-0.2, -0.15) is 0 Å². The summed E-state index contributed by atoms with van der Waals surface area (Å²) in [5.41, 5.74) is 9.99. The van der Waals surface area contributed by atoms with Crippen molar-refractivity contribution in [3.05, 3.63) is 164 Å². The van der Waals surface area contributed by atoms with Gasteiger partial charge < -0.3 is 18.1 Å². The Bertz CT molecular complexity index is 2870. The molecule has 10 aromatic rings.